The maximum Gasteiger partial charge on any atom is 0.268 e. The van der Waals surface area contributed by atoms with Crippen molar-refractivity contribution in [1.82, 2.24) is 29.5 Å². The van der Waals surface area contributed by atoms with Gasteiger partial charge < -0.3 is 40.1 Å². The van der Waals surface area contributed by atoms with Crippen LogP contribution in [0.5, 0.6) is 17.4 Å². The van der Waals surface area contributed by atoms with Crippen molar-refractivity contribution < 1.29 is 41.0 Å². The number of nitrogens with zero attached hydrogens (tertiary/aromatic N) is 6. The second-order valence-electron chi connectivity index (χ2n) is 23.5. The lowest BCUT2D eigenvalue weighted by molar-refractivity contribution is -0.0686. The van der Waals surface area contributed by atoms with Gasteiger partial charge in [0.1, 0.15) is 22.0 Å². The van der Waals surface area contributed by atoms with E-state index in [4.69, 9.17) is 9.47 Å². The van der Waals surface area contributed by atoms with Crippen molar-refractivity contribution in [2.75, 3.05) is 74.7 Å². The predicted molar refractivity (Wildman–Crippen MR) is 307 cm³/mol. The van der Waals surface area contributed by atoms with E-state index in [1.807, 2.05) is 6.92 Å². The number of pyridine rings is 1. The fourth-order valence-corrected chi connectivity index (χ4v) is 14.2. The first-order valence-electron chi connectivity index (χ1n) is 28.3. The van der Waals surface area contributed by atoms with Gasteiger partial charge >= 0.3 is 0 Å². The summed E-state index contributed by atoms with van der Waals surface area (Å²) in [5, 5.41) is 27.6. The van der Waals surface area contributed by atoms with Gasteiger partial charge in [-0.2, -0.15) is 0 Å². The normalized spacial score (nSPS) is 22.1. The number of hydroxylamine groups is 1. The number of aromatic amines is 1. The molecule has 1 spiro atoms. The molecule has 2 unspecified atom stereocenters. The van der Waals surface area contributed by atoms with Crippen LogP contribution in [0.25, 0.3) is 16.9 Å². The molecule has 11 rings (SSSR count). The van der Waals surface area contributed by atoms with Gasteiger partial charge in [0.2, 0.25) is 0 Å². The van der Waals surface area contributed by atoms with Crippen LogP contribution in [0.15, 0.2) is 90.1 Å². The van der Waals surface area contributed by atoms with Gasteiger partial charge in [0.05, 0.1) is 46.7 Å². The van der Waals surface area contributed by atoms with Gasteiger partial charge in [-0.3, -0.25) is 14.6 Å². The Kier molecular flexibility index (Phi) is 15.6. The van der Waals surface area contributed by atoms with E-state index in [-0.39, 0.29) is 75.5 Å². The molecule has 4 N–H and O–H groups in total. The first-order chi connectivity index (χ1) is 38.8. The molecular weight excluding hydrogens is 1060 g/mol. The molecule has 430 valence electrons. The summed E-state index contributed by atoms with van der Waals surface area (Å²) in [5.74, 6) is -2.33. The number of nitrogens with one attached hydrogen (secondary N) is 3. The van der Waals surface area contributed by atoms with Crippen molar-refractivity contribution in [3.63, 3.8) is 0 Å². The number of benzene rings is 4. The zero-order valence-corrected chi connectivity index (χ0v) is 47.4. The summed E-state index contributed by atoms with van der Waals surface area (Å²) in [5.41, 5.74) is 4.71. The standard InChI is InChI=1S/C61H71F3N9O7S/c1-6-79-59-53(29-44-46(62)15-16-49(44)68-59)80-52-28-40(12-13-43(52)58(74)69-81(77,78)54-30-51(70(5)76)55(57-56(54)66-36-67-57)65-31-38-17-20-60(4,75)21-18-38)72-25-22-61(23-26-72)34-73(35-61)50-19-24-71(32-39-11-14-47(63)48(64)27-39)33-45(50)42-10-8-7-9-41(42)37(2)3/h7-15,27-30,36-38,45,50,65,75H,6,16-26,31-35H2,1-5H3,(H,66,67)(H,69,74)/q-1. The highest BCUT2D eigenvalue weighted by Crippen LogP contribution is 2.48. The number of aliphatic hydroxyl groups is 1. The molecule has 5 heterocycles. The average molecular weight is 1130 g/mol. The van der Waals surface area contributed by atoms with E-state index in [0.29, 0.717) is 67.4 Å². The van der Waals surface area contributed by atoms with Gasteiger partial charge in [0, 0.05) is 88.1 Å². The average Bonchev–Trinajstić information content (AvgIpc) is 4.29. The molecule has 0 bridgehead atoms. The number of halogens is 3. The molecule has 1 amide bonds. The number of fused-ring (bicyclic) bond motifs is 2. The largest absolute Gasteiger partial charge is 0.758 e. The lowest BCUT2D eigenvalue weighted by atomic mass is 9.69. The van der Waals surface area contributed by atoms with Crippen LogP contribution in [-0.2, 0) is 23.0 Å². The van der Waals surface area contributed by atoms with E-state index in [9.17, 15) is 32.3 Å². The molecule has 81 heavy (non-hydrogen) atoms. The molecule has 5 aliphatic rings. The third kappa shape index (κ3) is 11.6. The summed E-state index contributed by atoms with van der Waals surface area (Å²) < 4.78 is 87.0. The van der Waals surface area contributed by atoms with Crippen LogP contribution in [0.3, 0.4) is 0 Å². The first-order valence-corrected chi connectivity index (χ1v) is 29.8. The number of imidazole rings is 1. The Labute approximate surface area is 471 Å². The SMILES string of the molecule is CCOc1nc2c(cc1Oc1cc(N3CCC4(CC3)CN(C3CCN(Cc5ccc(F)c(F)c5)CC3c3ccccc3C(C)C)C4)ccc1C(=O)NS(=O)(=O)c1cc(N(C)[O-])c(NCC3CCC(C)(O)CC3)c3[nH]cnc13)C(F)=CC2. The van der Waals surface area contributed by atoms with Crippen LogP contribution < -0.4 is 29.5 Å². The van der Waals surface area contributed by atoms with E-state index in [1.54, 1.807) is 25.1 Å². The smallest absolute Gasteiger partial charge is 0.268 e. The summed E-state index contributed by atoms with van der Waals surface area (Å²) >= 11 is 0. The number of hydrogen-bond donors (Lipinski definition) is 4. The van der Waals surface area contributed by atoms with Crippen molar-refractivity contribution in [2.24, 2.45) is 11.3 Å². The Balaban J connectivity index is 0.833. The molecule has 1 saturated carbocycles. The Morgan fingerprint density at radius 2 is 1.73 bits per heavy atom. The second-order valence-corrected chi connectivity index (χ2v) is 25.2. The highest BCUT2D eigenvalue weighted by atomic mass is 32.2. The summed E-state index contributed by atoms with van der Waals surface area (Å²) in [7, 11) is -3.48. The predicted octanol–water partition coefficient (Wildman–Crippen LogP) is 10.8. The minimum atomic E-state index is -4.74. The molecule has 4 aromatic carbocycles. The second kappa shape index (κ2) is 22.6. The number of piperidine rings is 2. The summed E-state index contributed by atoms with van der Waals surface area (Å²) in [6, 6.07) is 20.8. The van der Waals surface area contributed by atoms with Gasteiger partial charge in [0.15, 0.2) is 17.4 Å². The third-order valence-electron chi connectivity index (χ3n) is 17.5. The molecule has 2 aliphatic carbocycles. The fourth-order valence-electron chi connectivity index (χ4n) is 13.0. The highest BCUT2D eigenvalue weighted by molar-refractivity contribution is 7.90. The maximum absolute atomic E-state index is 15.2. The number of hydrogen-bond acceptors (Lipinski definition) is 14. The minimum Gasteiger partial charge on any atom is -0.758 e. The number of amides is 1. The lowest BCUT2D eigenvalue weighted by Gasteiger charge is -2.59. The monoisotopic (exact) mass is 1130 g/mol. The van der Waals surface area contributed by atoms with E-state index >= 15 is 4.39 Å². The third-order valence-corrected chi connectivity index (χ3v) is 18.9. The molecule has 3 aliphatic heterocycles. The molecule has 20 heteroatoms. The number of anilines is 3. The topological polar surface area (TPSA) is 192 Å². The van der Waals surface area contributed by atoms with Gasteiger partial charge in [-0.15, -0.1) is 0 Å². The molecule has 0 radical (unpaired) electrons. The summed E-state index contributed by atoms with van der Waals surface area (Å²) in [6.07, 6.45) is 8.56. The summed E-state index contributed by atoms with van der Waals surface area (Å²) in [4.78, 5) is 33.3. The Morgan fingerprint density at radius 3 is 2.46 bits per heavy atom. The first kappa shape index (κ1) is 56.2. The molecule has 4 fully saturated rings. The molecule has 2 atom stereocenters. The van der Waals surface area contributed by atoms with Crippen LogP contribution in [-0.4, -0.2) is 115 Å². The number of likely N-dealkylation sites (tertiary alicyclic amines) is 2. The van der Waals surface area contributed by atoms with E-state index < -0.39 is 43.9 Å². The van der Waals surface area contributed by atoms with Crippen LogP contribution >= 0.6 is 0 Å². The molecule has 2 aromatic heterocycles. The van der Waals surface area contributed by atoms with Crippen LogP contribution in [0.1, 0.15) is 123 Å². The van der Waals surface area contributed by atoms with E-state index in [2.05, 4.69) is 77.8 Å². The highest BCUT2D eigenvalue weighted by Gasteiger charge is 2.50. The molecule has 16 nitrogen and oxygen atoms in total. The zero-order chi connectivity index (χ0) is 57.0. The molecule has 6 aromatic rings. The quantitative estimate of drug-likeness (QED) is 0.0631. The van der Waals surface area contributed by atoms with E-state index in [1.165, 1.54) is 60.9 Å². The van der Waals surface area contributed by atoms with Crippen molar-refractivity contribution in [3.05, 3.63) is 136 Å². The number of rotatable bonds is 17. The van der Waals surface area contributed by atoms with Gasteiger partial charge in [-0.25, -0.2) is 36.3 Å². The number of carbonyl (C=O) groups is 1. The number of H-pyrrole nitrogens is 1. The Hall–Kier alpha value is -6.71. The zero-order valence-electron chi connectivity index (χ0n) is 46.5. The van der Waals surface area contributed by atoms with Crippen molar-refractivity contribution in [2.45, 2.75) is 114 Å². The fraction of sp³-hybridized carbons (Fsp3) is 0.459. The van der Waals surface area contributed by atoms with Gasteiger partial charge in [-0.1, -0.05) is 44.2 Å². The minimum absolute atomic E-state index is 0.0129. The molecular formula is C61H71F3N9O7S-. The van der Waals surface area contributed by atoms with Gasteiger partial charge in [0.25, 0.3) is 21.8 Å². The number of ether oxygens (including phenoxy) is 2. The van der Waals surface area contributed by atoms with Crippen LogP contribution in [0, 0.1) is 28.2 Å². The van der Waals surface area contributed by atoms with Crippen molar-refractivity contribution in [1.29, 1.82) is 0 Å². The van der Waals surface area contributed by atoms with Gasteiger partial charge in [-0.05, 0) is 142 Å². The molecule has 3 saturated heterocycles. The Morgan fingerprint density at radius 1 is 0.963 bits per heavy atom. The number of aromatic nitrogens is 3. The van der Waals surface area contributed by atoms with Crippen molar-refractivity contribution in [3.8, 4) is 17.4 Å². The van der Waals surface area contributed by atoms with Crippen LogP contribution in [0.4, 0.5) is 30.2 Å². The van der Waals surface area contributed by atoms with Crippen LogP contribution in [0.2, 0.25) is 0 Å². The maximum atomic E-state index is 15.2. The van der Waals surface area contributed by atoms with E-state index in [0.717, 1.165) is 69.5 Å². The number of carbonyl (C=O) groups excluding carboxylic acids is 1. The number of allylic oxidation sites excluding steroid dienone is 1. The summed E-state index contributed by atoms with van der Waals surface area (Å²) in [6.45, 7) is 14.2. The number of sulfonamides is 1. The Bertz CT molecular complexity index is 3470. The lowest BCUT2D eigenvalue weighted by Crippen LogP contribution is -2.65. The van der Waals surface area contributed by atoms with Crippen molar-refractivity contribution >= 4 is 49.9 Å².